The van der Waals surface area contributed by atoms with Crippen molar-refractivity contribution in [3.63, 3.8) is 0 Å². The molecule has 10 heteroatoms. The number of carbonyl (C=O) groups is 1. The van der Waals surface area contributed by atoms with Gasteiger partial charge in [-0.05, 0) is 111 Å². The van der Waals surface area contributed by atoms with Gasteiger partial charge in [-0.1, -0.05) is 38.1 Å². The number of nitrogens with one attached hydrogen (secondary N) is 1. The third kappa shape index (κ3) is 10.9. The minimum absolute atomic E-state index is 0.0244. The van der Waals surface area contributed by atoms with E-state index in [2.05, 4.69) is 22.3 Å². The molecule has 0 saturated carbocycles. The fraction of sp³-hybridized carbons (Fsp3) is 0.424. The smallest absolute Gasteiger partial charge is 0.416 e. The molecule has 3 N–H and O–H groups in total. The van der Waals surface area contributed by atoms with Crippen molar-refractivity contribution in [3.8, 4) is 5.75 Å². The number of aliphatic hydroxyl groups excluding tert-OH is 1. The van der Waals surface area contributed by atoms with Crippen molar-refractivity contribution < 1.29 is 37.0 Å². The second kappa shape index (κ2) is 15.8. The maximum atomic E-state index is 13.0. The Labute approximate surface area is 249 Å². The van der Waals surface area contributed by atoms with Crippen LogP contribution < -0.4 is 5.32 Å². The van der Waals surface area contributed by atoms with E-state index in [1.165, 1.54) is 17.7 Å². The van der Waals surface area contributed by atoms with Crippen LogP contribution in [0.25, 0.3) is 0 Å². The molecule has 1 saturated heterocycles. The summed E-state index contributed by atoms with van der Waals surface area (Å²) in [7, 11) is 0. The van der Waals surface area contributed by atoms with Crippen LogP contribution >= 0.6 is 0 Å². The van der Waals surface area contributed by atoms with Crippen molar-refractivity contribution in [3.05, 3.63) is 95.1 Å². The standard InChI is InChI=1S/C26H35FN2O2.C7H4F4O/c1-19(2)26(31)28-24-7-5-6-22(18-24)20-13-16-29(17-14-20)15-4-3-8-25(30)21-9-11-23(27)12-10-21;8-5-2-1-4(3-6(5)12)7(9,10)11/h5-7,9-12,18-20,25,30H,3-4,8,13-17H2,1-2H3,(H,28,31);1-3,12H. The molecule has 1 aliphatic heterocycles. The van der Waals surface area contributed by atoms with Crippen LogP contribution in [0.5, 0.6) is 5.75 Å². The van der Waals surface area contributed by atoms with Crippen LogP contribution in [-0.4, -0.2) is 40.7 Å². The largest absolute Gasteiger partial charge is 0.505 e. The van der Waals surface area contributed by atoms with E-state index in [0.29, 0.717) is 30.5 Å². The lowest BCUT2D eigenvalue weighted by Crippen LogP contribution is -2.33. The SMILES string of the molecule is CC(C)C(=O)Nc1cccc(C2CCN(CCCCC(O)c3ccc(F)cc3)CC2)c1.Oc1cc(C(F)(F)F)ccc1F. The van der Waals surface area contributed by atoms with E-state index in [-0.39, 0.29) is 17.6 Å². The van der Waals surface area contributed by atoms with Gasteiger partial charge in [0.2, 0.25) is 5.91 Å². The Hall–Kier alpha value is -3.50. The Morgan fingerprint density at radius 1 is 0.977 bits per heavy atom. The number of aliphatic hydroxyl groups is 1. The first-order valence-corrected chi connectivity index (χ1v) is 14.5. The van der Waals surface area contributed by atoms with Crippen molar-refractivity contribution in [2.75, 3.05) is 25.0 Å². The normalized spacial score (nSPS) is 15.1. The summed E-state index contributed by atoms with van der Waals surface area (Å²) in [6.45, 7) is 7.01. The third-order valence-corrected chi connectivity index (χ3v) is 7.47. The summed E-state index contributed by atoms with van der Waals surface area (Å²) in [5, 5.41) is 21.8. The molecule has 3 aromatic carbocycles. The molecule has 1 aliphatic rings. The first-order chi connectivity index (χ1) is 20.3. The maximum absolute atomic E-state index is 13.0. The molecule has 0 aromatic heterocycles. The number of unbranched alkanes of at least 4 members (excludes halogenated alkanes) is 1. The number of likely N-dealkylation sites (tertiary alicyclic amines) is 1. The second-order valence-corrected chi connectivity index (χ2v) is 11.1. The predicted octanol–water partition coefficient (Wildman–Crippen LogP) is 8.05. The van der Waals surface area contributed by atoms with Gasteiger partial charge in [0.05, 0.1) is 11.7 Å². The predicted molar refractivity (Wildman–Crippen MR) is 157 cm³/mol. The minimum Gasteiger partial charge on any atom is -0.505 e. The van der Waals surface area contributed by atoms with Crippen LogP contribution in [-0.2, 0) is 11.0 Å². The number of anilines is 1. The van der Waals surface area contributed by atoms with Gasteiger partial charge in [-0.15, -0.1) is 0 Å². The van der Waals surface area contributed by atoms with Gasteiger partial charge in [-0.25, -0.2) is 8.78 Å². The molecule has 0 radical (unpaired) electrons. The molecule has 0 spiro atoms. The Morgan fingerprint density at radius 2 is 1.65 bits per heavy atom. The fourth-order valence-electron chi connectivity index (χ4n) is 4.86. The number of hydrogen-bond donors (Lipinski definition) is 3. The lowest BCUT2D eigenvalue weighted by molar-refractivity contribution is -0.137. The van der Waals surface area contributed by atoms with Gasteiger partial charge in [0, 0.05) is 11.6 Å². The molecular weight excluding hydrogens is 567 g/mol. The van der Waals surface area contributed by atoms with Gasteiger partial charge in [0.1, 0.15) is 5.82 Å². The highest BCUT2D eigenvalue weighted by Gasteiger charge is 2.31. The number of piperidine rings is 1. The molecule has 1 fully saturated rings. The Kier molecular flexibility index (Phi) is 12.5. The number of benzene rings is 3. The minimum atomic E-state index is -4.55. The van der Waals surface area contributed by atoms with Gasteiger partial charge in [0.25, 0.3) is 0 Å². The number of phenolic OH excluding ortho intramolecular Hbond substituents is 1. The lowest BCUT2D eigenvalue weighted by atomic mass is 9.89. The molecule has 1 unspecified atom stereocenters. The van der Waals surface area contributed by atoms with Crippen LogP contribution in [0, 0.1) is 17.6 Å². The van der Waals surface area contributed by atoms with Crippen LogP contribution in [0.15, 0.2) is 66.7 Å². The second-order valence-electron chi connectivity index (χ2n) is 11.1. The number of nitrogens with zero attached hydrogens (tertiary/aromatic N) is 1. The van der Waals surface area contributed by atoms with E-state index < -0.39 is 29.4 Å². The highest BCUT2D eigenvalue weighted by molar-refractivity contribution is 5.92. The van der Waals surface area contributed by atoms with Crippen molar-refractivity contribution in [1.29, 1.82) is 0 Å². The quantitative estimate of drug-likeness (QED) is 0.170. The fourth-order valence-corrected chi connectivity index (χ4v) is 4.86. The summed E-state index contributed by atoms with van der Waals surface area (Å²) in [6, 6.07) is 15.9. The molecule has 1 heterocycles. The zero-order chi connectivity index (χ0) is 31.6. The maximum Gasteiger partial charge on any atom is 0.416 e. The summed E-state index contributed by atoms with van der Waals surface area (Å²) in [4.78, 5) is 14.5. The number of rotatable bonds is 9. The van der Waals surface area contributed by atoms with E-state index in [1.807, 2.05) is 26.0 Å². The van der Waals surface area contributed by atoms with Gasteiger partial charge in [0.15, 0.2) is 11.6 Å². The molecule has 3 aromatic rings. The first-order valence-electron chi connectivity index (χ1n) is 14.5. The summed E-state index contributed by atoms with van der Waals surface area (Å²) in [6.07, 6.45) is -0.105. The summed E-state index contributed by atoms with van der Waals surface area (Å²) in [5.41, 5.74) is 1.91. The van der Waals surface area contributed by atoms with E-state index in [1.54, 1.807) is 12.1 Å². The van der Waals surface area contributed by atoms with Gasteiger partial charge < -0.3 is 20.4 Å². The number of phenols is 1. The average molecular weight is 607 g/mol. The number of aromatic hydroxyl groups is 1. The Balaban J connectivity index is 0.000000353. The molecule has 1 atom stereocenters. The first kappa shape index (κ1) is 34.0. The topological polar surface area (TPSA) is 72.8 Å². The summed E-state index contributed by atoms with van der Waals surface area (Å²) >= 11 is 0. The number of alkyl halides is 3. The van der Waals surface area contributed by atoms with E-state index in [4.69, 9.17) is 5.11 Å². The zero-order valence-corrected chi connectivity index (χ0v) is 24.4. The molecular formula is C33H39F5N2O3. The van der Waals surface area contributed by atoms with Crippen LogP contribution in [0.2, 0.25) is 0 Å². The molecule has 0 bridgehead atoms. The molecule has 5 nitrogen and oxygen atoms in total. The molecule has 1 amide bonds. The summed E-state index contributed by atoms with van der Waals surface area (Å²) in [5.74, 6) is -1.77. The Bertz CT molecular complexity index is 1310. The molecule has 234 valence electrons. The third-order valence-electron chi connectivity index (χ3n) is 7.47. The molecule has 0 aliphatic carbocycles. The van der Waals surface area contributed by atoms with E-state index in [9.17, 15) is 31.9 Å². The van der Waals surface area contributed by atoms with Crippen LogP contribution in [0.3, 0.4) is 0 Å². The van der Waals surface area contributed by atoms with Crippen molar-refractivity contribution in [2.24, 2.45) is 5.92 Å². The lowest BCUT2D eigenvalue weighted by Gasteiger charge is -2.32. The zero-order valence-electron chi connectivity index (χ0n) is 24.4. The average Bonchev–Trinajstić information content (AvgIpc) is 2.97. The van der Waals surface area contributed by atoms with E-state index >= 15 is 0 Å². The van der Waals surface area contributed by atoms with Crippen LogP contribution in [0.4, 0.5) is 27.6 Å². The summed E-state index contributed by atoms with van der Waals surface area (Å²) < 4.78 is 60.9. The van der Waals surface area contributed by atoms with Gasteiger partial charge in [-0.3, -0.25) is 4.79 Å². The highest BCUT2D eigenvalue weighted by atomic mass is 19.4. The molecule has 4 rings (SSSR count). The Morgan fingerprint density at radius 3 is 2.26 bits per heavy atom. The molecule has 43 heavy (non-hydrogen) atoms. The van der Waals surface area contributed by atoms with Gasteiger partial charge >= 0.3 is 6.18 Å². The number of halogens is 5. The number of carbonyl (C=O) groups excluding carboxylic acids is 1. The van der Waals surface area contributed by atoms with Crippen LogP contribution in [0.1, 0.15) is 74.7 Å². The van der Waals surface area contributed by atoms with Crippen molar-refractivity contribution in [2.45, 2.75) is 64.1 Å². The van der Waals surface area contributed by atoms with Gasteiger partial charge in [-0.2, -0.15) is 13.2 Å². The number of amides is 1. The highest BCUT2D eigenvalue weighted by Crippen LogP contribution is 2.32. The van der Waals surface area contributed by atoms with E-state index in [0.717, 1.165) is 56.6 Å². The van der Waals surface area contributed by atoms with Crippen molar-refractivity contribution >= 4 is 11.6 Å². The monoisotopic (exact) mass is 606 g/mol. The van der Waals surface area contributed by atoms with Crippen molar-refractivity contribution in [1.82, 2.24) is 4.90 Å². The number of hydrogen-bond acceptors (Lipinski definition) is 4.